The molecule has 3 rings (SSSR count). The smallest absolute Gasteiger partial charge is 0.298 e. The van der Waals surface area contributed by atoms with Crippen LogP contribution in [-0.4, -0.2) is 36.6 Å². The number of hydrogen-bond donors (Lipinski definition) is 1. The highest BCUT2D eigenvalue weighted by molar-refractivity contribution is 5.77. The Morgan fingerprint density at radius 2 is 2.43 bits per heavy atom. The first-order chi connectivity index (χ1) is 10.1. The van der Waals surface area contributed by atoms with Crippen LogP contribution in [0.5, 0.6) is 0 Å². The van der Waals surface area contributed by atoms with Crippen LogP contribution in [0.2, 0.25) is 0 Å². The summed E-state index contributed by atoms with van der Waals surface area (Å²) in [6.45, 7) is 2.96. The molecule has 1 aromatic carbocycles. The summed E-state index contributed by atoms with van der Waals surface area (Å²) in [5.41, 5.74) is 1.12. The van der Waals surface area contributed by atoms with Gasteiger partial charge in [0, 0.05) is 25.7 Å². The molecule has 1 aliphatic heterocycles. The number of oxazole rings is 1. The number of aromatic nitrogens is 1. The summed E-state index contributed by atoms with van der Waals surface area (Å²) in [7, 11) is 1.94. The molecule has 1 atom stereocenters. The Kier molecular flexibility index (Phi) is 3.74. The van der Waals surface area contributed by atoms with Gasteiger partial charge in [-0.2, -0.15) is 4.98 Å². The number of piperidine rings is 1. The highest BCUT2D eigenvalue weighted by Gasteiger charge is 2.19. The fourth-order valence-electron chi connectivity index (χ4n) is 2.73. The molecule has 2 aromatic rings. The van der Waals surface area contributed by atoms with Crippen molar-refractivity contribution >= 4 is 22.8 Å². The lowest BCUT2D eigenvalue weighted by molar-refractivity contribution is -0.384. The summed E-state index contributed by atoms with van der Waals surface area (Å²) in [6, 6.07) is 4.98. The summed E-state index contributed by atoms with van der Waals surface area (Å²) in [5.74, 6) is 0.577. The van der Waals surface area contributed by atoms with Gasteiger partial charge >= 0.3 is 0 Å². The molecule has 1 saturated heterocycles. The predicted octanol–water partition coefficient (Wildman–Crippen LogP) is 2.17. The van der Waals surface area contributed by atoms with E-state index in [1.54, 1.807) is 6.07 Å². The monoisotopic (exact) mass is 290 g/mol. The van der Waals surface area contributed by atoms with Crippen molar-refractivity contribution in [3.8, 4) is 0 Å². The van der Waals surface area contributed by atoms with Crippen LogP contribution in [0, 0.1) is 16.0 Å². The molecule has 0 amide bonds. The van der Waals surface area contributed by atoms with Crippen molar-refractivity contribution in [1.29, 1.82) is 0 Å². The second kappa shape index (κ2) is 5.69. The van der Waals surface area contributed by atoms with Gasteiger partial charge < -0.3 is 14.6 Å². The van der Waals surface area contributed by atoms with Crippen LogP contribution in [0.3, 0.4) is 0 Å². The SMILES string of the molecule is CN(C[C@H]1CCCNC1)c1nc2cc([N+](=O)[O-])ccc2o1. The van der Waals surface area contributed by atoms with E-state index >= 15 is 0 Å². The van der Waals surface area contributed by atoms with Gasteiger partial charge in [0.15, 0.2) is 5.58 Å². The van der Waals surface area contributed by atoms with Crippen molar-refractivity contribution in [2.75, 3.05) is 31.6 Å². The molecule has 7 heteroatoms. The summed E-state index contributed by atoms with van der Waals surface area (Å²) in [6.07, 6.45) is 2.39. The maximum atomic E-state index is 10.8. The van der Waals surface area contributed by atoms with Crippen LogP contribution in [0.4, 0.5) is 11.7 Å². The van der Waals surface area contributed by atoms with E-state index in [4.69, 9.17) is 4.42 Å². The second-order valence-corrected chi connectivity index (χ2v) is 5.50. The number of anilines is 1. The average Bonchev–Trinajstić information content (AvgIpc) is 2.91. The van der Waals surface area contributed by atoms with Crippen LogP contribution in [-0.2, 0) is 0 Å². The number of non-ortho nitro benzene ring substituents is 1. The molecule has 0 radical (unpaired) electrons. The molecule has 0 saturated carbocycles. The predicted molar refractivity (Wildman–Crippen MR) is 79.5 cm³/mol. The van der Waals surface area contributed by atoms with Gasteiger partial charge in [0.05, 0.1) is 4.92 Å². The van der Waals surface area contributed by atoms with Crippen molar-refractivity contribution in [2.24, 2.45) is 5.92 Å². The zero-order chi connectivity index (χ0) is 14.8. The second-order valence-electron chi connectivity index (χ2n) is 5.50. The molecule has 0 spiro atoms. The number of rotatable bonds is 4. The Labute approximate surface area is 122 Å². The van der Waals surface area contributed by atoms with E-state index in [2.05, 4.69) is 10.3 Å². The first-order valence-electron chi connectivity index (χ1n) is 7.10. The number of nitro benzene ring substituents is 1. The van der Waals surface area contributed by atoms with E-state index in [0.717, 1.165) is 19.6 Å². The minimum atomic E-state index is -0.425. The van der Waals surface area contributed by atoms with Gasteiger partial charge in [0.1, 0.15) is 5.52 Å². The highest BCUT2D eigenvalue weighted by atomic mass is 16.6. The Hall–Kier alpha value is -2.15. The van der Waals surface area contributed by atoms with Gasteiger partial charge in [-0.25, -0.2) is 0 Å². The summed E-state index contributed by atoms with van der Waals surface area (Å²) < 4.78 is 5.68. The third-order valence-corrected chi connectivity index (χ3v) is 3.83. The van der Waals surface area contributed by atoms with Crippen molar-refractivity contribution in [3.63, 3.8) is 0 Å². The molecule has 1 N–H and O–H groups in total. The Bertz CT molecular complexity index is 649. The third-order valence-electron chi connectivity index (χ3n) is 3.83. The number of nitrogens with one attached hydrogen (secondary N) is 1. The van der Waals surface area contributed by atoms with Crippen LogP contribution >= 0.6 is 0 Å². The maximum Gasteiger partial charge on any atom is 0.298 e. The first kappa shape index (κ1) is 13.8. The number of benzene rings is 1. The molecule has 2 heterocycles. The average molecular weight is 290 g/mol. The summed E-state index contributed by atoms with van der Waals surface area (Å²) in [4.78, 5) is 16.7. The third kappa shape index (κ3) is 2.97. The van der Waals surface area contributed by atoms with Gasteiger partial charge in [-0.05, 0) is 37.9 Å². The van der Waals surface area contributed by atoms with E-state index in [0.29, 0.717) is 23.0 Å². The highest BCUT2D eigenvalue weighted by Crippen LogP contribution is 2.25. The van der Waals surface area contributed by atoms with Gasteiger partial charge in [-0.3, -0.25) is 10.1 Å². The van der Waals surface area contributed by atoms with Crippen LogP contribution in [0.1, 0.15) is 12.8 Å². The Morgan fingerprint density at radius 1 is 1.57 bits per heavy atom. The summed E-state index contributed by atoms with van der Waals surface area (Å²) >= 11 is 0. The van der Waals surface area contributed by atoms with Crippen molar-refractivity contribution in [1.82, 2.24) is 10.3 Å². The van der Waals surface area contributed by atoms with E-state index in [1.165, 1.54) is 25.0 Å². The lowest BCUT2D eigenvalue weighted by atomic mass is 9.99. The number of nitro groups is 1. The first-order valence-corrected chi connectivity index (χ1v) is 7.10. The van der Waals surface area contributed by atoms with Crippen LogP contribution < -0.4 is 10.2 Å². The normalized spacial score (nSPS) is 18.8. The molecule has 1 aromatic heterocycles. The number of nitrogens with zero attached hydrogens (tertiary/aromatic N) is 3. The lowest BCUT2D eigenvalue weighted by Gasteiger charge is -2.26. The maximum absolute atomic E-state index is 10.8. The number of hydrogen-bond acceptors (Lipinski definition) is 6. The van der Waals surface area contributed by atoms with E-state index < -0.39 is 4.92 Å². The van der Waals surface area contributed by atoms with Gasteiger partial charge in [-0.15, -0.1) is 0 Å². The van der Waals surface area contributed by atoms with Crippen LogP contribution in [0.15, 0.2) is 22.6 Å². The lowest BCUT2D eigenvalue weighted by Crippen LogP contribution is -2.36. The molecule has 1 fully saturated rings. The number of fused-ring (bicyclic) bond motifs is 1. The molecule has 7 nitrogen and oxygen atoms in total. The molecule has 21 heavy (non-hydrogen) atoms. The molecular weight excluding hydrogens is 272 g/mol. The van der Waals surface area contributed by atoms with E-state index in [1.807, 2.05) is 11.9 Å². The Balaban J connectivity index is 1.78. The van der Waals surface area contributed by atoms with Crippen LogP contribution in [0.25, 0.3) is 11.1 Å². The standard InChI is InChI=1S/C14H18N4O3/c1-17(9-10-3-2-6-15-8-10)14-16-12-7-11(18(19)20)4-5-13(12)21-14/h4-5,7,10,15H,2-3,6,8-9H2,1H3/t10-/m0/s1. The van der Waals surface area contributed by atoms with Crippen molar-refractivity contribution in [2.45, 2.75) is 12.8 Å². The van der Waals surface area contributed by atoms with E-state index in [9.17, 15) is 10.1 Å². The van der Waals surface area contributed by atoms with E-state index in [-0.39, 0.29) is 5.69 Å². The van der Waals surface area contributed by atoms with Gasteiger partial charge in [0.2, 0.25) is 0 Å². The topological polar surface area (TPSA) is 84.4 Å². The van der Waals surface area contributed by atoms with Gasteiger partial charge in [0.25, 0.3) is 11.7 Å². The summed E-state index contributed by atoms with van der Waals surface area (Å²) in [5, 5.41) is 14.2. The fraction of sp³-hybridized carbons (Fsp3) is 0.500. The minimum absolute atomic E-state index is 0.0292. The zero-order valence-corrected chi connectivity index (χ0v) is 11.9. The molecular formula is C14H18N4O3. The molecule has 0 aliphatic carbocycles. The van der Waals surface area contributed by atoms with Crippen molar-refractivity contribution in [3.05, 3.63) is 28.3 Å². The molecule has 112 valence electrons. The minimum Gasteiger partial charge on any atom is -0.423 e. The van der Waals surface area contributed by atoms with Crippen molar-refractivity contribution < 1.29 is 9.34 Å². The zero-order valence-electron chi connectivity index (χ0n) is 11.9. The quantitative estimate of drug-likeness (QED) is 0.686. The van der Waals surface area contributed by atoms with Gasteiger partial charge in [-0.1, -0.05) is 0 Å². The largest absolute Gasteiger partial charge is 0.423 e. The Morgan fingerprint density at radius 3 is 3.14 bits per heavy atom. The molecule has 0 bridgehead atoms. The molecule has 0 unspecified atom stereocenters. The molecule has 1 aliphatic rings. The fourth-order valence-corrected chi connectivity index (χ4v) is 2.73.